The van der Waals surface area contributed by atoms with Gasteiger partial charge in [0.25, 0.3) is 5.56 Å². The van der Waals surface area contributed by atoms with Gasteiger partial charge in [-0.25, -0.2) is 4.52 Å². The predicted octanol–water partition coefficient (Wildman–Crippen LogP) is 3.01. The van der Waals surface area contributed by atoms with Crippen LogP contribution in [0.15, 0.2) is 23.3 Å². The van der Waals surface area contributed by atoms with Crippen LogP contribution in [-0.4, -0.2) is 19.5 Å². The Balaban J connectivity index is 2.46. The maximum Gasteiger partial charge on any atom is 0.276 e. The lowest BCUT2D eigenvalue weighted by molar-refractivity contribution is 0.256. The quantitative estimate of drug-likeness (QED) is 0.793. The molecule has 0 aliphatic carbocycles. The number of fused-ring (bicyclic) bond motifs is 1. The van der Waals surface area contributed by atoms with Crippen molar-refractivity contribution in [2.45, 2.75) is 40.2 Å². The van der Waals surface area contributed by atoms with Crippen molar-refractivity contribution in [3.05, 3.63) is 34.5 Å². The fourth-order valence-electron chi connectivity index (χ4n) is 2.34. The molecule has 0 aliphatic heterocycles. The van der Waals surface area contributed by atoms with Gasteiger partial charge in [0.2, 0.25) is 0 Å². The molecule has 0 unspecified atom stereocenters. The van der Waals surface area contributed by atoms with Gasteiger partial charge < -0.3 is 4.57 Å². The second-order valence-corrected chi connectivity index (χ2v) is 5.75. The summed E-state index contributed by atoms with van der Waals surface area (Å²) in [7, 11) is 0. The molecule has 0 bridgehead atoms. The molecule has 104 valence electrons. The Kier molecular flexibility index (Phi) is 4.13. The Hall–Kier alpha value is -1.10. The number of hydrogen-bond acceptors (Lipinski definition) is 2. The van der Waals surface area contributed by atoms with Crippen LogP contribution >= 0.6 is 15.9 Å². The number of aryl methyl sites for hydroxylation is 1. The minimum absolute atomic E-state index is 0.0373. The van der Waals surface area contributed by atoms with Crippen LogP contribution in [0.2, 0.25) is 0 Å². The first kappa shape index (κ1) is 14.3. The average Bonchev–Trinajstić information content (AvgIpc) is 2.80. The van der Waals surface area contributed by atoms with Crippen LogP contribution in [0.25, 0.3) is 5.52 Å². The number of alkyl halides is 1. The van der Waals surface area contributed by atoms with Gasteiger partial charge in [-0.05, 0) is 31.2 Å². The Labute approximate surface area is 121 Å². The van der Waals surface area contributed by atoms with Crippen molar-refractivity contribution >= 4 is 21.4 Å². The van der Waals surface area contributed by atoms with Crippen LogP contribution in [-0.2, 0) is 6.54 Å². The Bertz CT molecular complexity index is 617. The Morgan fingerprint density at radius 2 is 2.00 bits per heavy atom. The van der Waals surface area contributed by atoms with E-state index in [1.54, 1.807) is 4.52 Å². The number of rotatable bonds is 5. The first-order valence-electron chi connectivity index (χ1n) is 6.66. The van der Waals surface area contributed by atoms with E-state index in [4.69, 9.17) is 0 Å². The van der Waals surface area contributed by atoms with Gasteiger partial charge in [-0.3, -0.25) is 4.79 Å². The molecule has 0 atom stereocenters. The van der Waals surface area contributed by atoms with Crippen LogP contribution in [0.3, 0.4) is 0 Å². The molecule has 0 spiro atoms. The molecule has 0 N–H and O–H groups in total. The van der Waals surface area contributed by atoms with Crippen molar-refractivity contribution in [2.24, 2.45) is 5.41 Å². The summed E-state index contributed by atoms with van der Waals surface area (Å²) in [5.74, 6) is 0. The first-order chi connectivity index (χ1) is 9.05. The second kappa shape index (κ2) is 5.49. The highest BCUT2D eigenvalue weighted by Crippen LogP contribution is 2.30. The van der Waals surface area contributed by atoms with Crippen LogP contribution in [0.4, 0.5) is 0 Å². The van der Waals surface area contributed by atoms with Crippen molar-refractivity contribution in [1.29, 1.82) is 0 Å². The van der Waals surface area contributed by atoms with E-state index < -0.39 is 0 Å². The molecule has 4 nitrogen and oxygen atoms in total. The number of aromatic nitrogens is 3. The van der Waals surface area contributed by atoms with E-state index in [9.17, 15) is 4.79 Å². The van der Waals surface area contributed by atoms with Gasteiger partial charge in [0, 0.05) is 24.3 Å². The molecule has 0 saturated heterocycles. The lowest BCUT2D eigenvalue weighted by Gasteiger charge is -2.30. The molecule has 2 aromatic heterocycles. The SMILES string of the molecule is CCC(CC)(CBr)Cn1ccn2nc(C)cc2c1=O. The third kappa shape index (κ3) is 2.61. The monoisotopic (exact) mass is 325 g/mol. The molecule has 2 rings (SSSR count). The topological polar surface area (TPSA) is 39.3 Å². The summed E-state index contributed by atoms with van der Waals surface area (Å²) in [4.78, 5) is 12.5. The summed E-state index contributed by atoms with van der Waals surface area (Å²) < 4.78 is 3.46. The summed E-state index contributed by atoms with van der Waals surface area (Å²) >= 11 is 3.60. The van der Waals surface area contributed by atoms with Gasteiger partial charge >= 0.3 is 0 Å². The zero-order valence-electron chi connectivity index (χ0n) is 11.7. The van der Waals surface area contributed by atoms with Gasteiger partial charge in [0.05, 0.1) is 5.69 Å². The van der Waals surface area contributed by atoms with Crippen LogP contribution in [0.1, 0.15) is 32.4 Å². The summed E-state index contributed by atoms with van der Waals surface area (Å²) in [5.41, 5.74) is 1.69. The molecule has 19 heavy (non-hydrogen) atoms. The lowest BCUT2D eigenvalue weighted by Crippen LogP contribution is -2.33. The molecular weight excluding hydrogens is 306 g/mol. The molecule has 0 fully saturated rings. The summed E-state index contributed by atoms with van der Waals surface area (Å²) in [6, 6.07) is 1.84. The number of hydrogen-bond donors (Lipinski definition) is 0. The van der Waals surface area contributed by atoms with Crippen LogP contribution in [0, 0.1) is 12.3 Å². The van der Waals surface area contributed by atoms with E-state index in [0.29, 0.717) is 5.52 Å². The van der Waals surface area contributed by atoms with Gasteiger partial charge in [0.1, 0.15) is 5.52 Å². The van der Waals surface area contributed by atoms with E-state index in [1.807, 2.05) is 30.0 Å². The van der Waals surface area contributed by atoms with E-state index in [0.717, 1.165) is 30.4 Å². The summed E-state index contributed by atoms with van der Waals surface area (Å²) in [6.07, 6.45) is 5.79. The van der Waals surface area contributed by atoms with E-state index >= 15 is 0 Å². The second-order valence-electron chi connectivity index (χ2n) is 5.19. The molecule has 0 amide bonds. The number of nitrogens with zero attached hydrogens (tertiary/aromatic N) is 3. The molecule has 2 heterocycles. The molecule has 0 saturated carbocycles. The lowest BCUT2D eigenvalue weighted by atomic mass is 9.84. The van der Waals surface area contributed by atoms with Gasteiger partial charge in [0.15, 0.2) is 0 Å². The largest absolute Gasteiger partial charge is 0.312 e. The summed E-state index contributed by atoms with van der Waals surface area (Å²) in [6.45, 7) is 7.00. The highest BCUT2D eigenvalue weighted by Gasteiger charge is 2.26. The number of halogens is 1. The standard InChI is InChI=1S/C14H20BrN3O/c1-4-14(5-2,9-15)10-17-6-7-18-12(13(17)19)8-11(3)16-18/h6-8H,4-5,9-10H2,1-3H3. The third-order valence-electron chi connectivity index (χ3n) is 4.01. The molecular formula is C14H20BrN3O. The average molecular weight is 326 g/mol. The zero-order chi connectivity index (χ0) is 14.0. The fourth-order valence-corrected chi connectivity index (χ4v) is 3.31. The van der Waals surface area contributed by atoms with E-state index in [1.165, 1.54) is 0 Å². The van der Waals surface area contributed by atoms with Crippen molar-refractivity contribution < 1.29 is 0 Å². The van der Waals surface area contributed by atoms with Crippen molar-refractivity contribution in [3.8, 4) is 0 Å². The predicted molar refractivity (Wildman–Crippen MR) is 81.0 cm³/mol. The van der Waals surface area contributed by atoms with Crippen LogP contribution < -0.4 is 5.56 Å². The molecule has 0 radical (unpaired) electrons. The molecule has 0 aliphatic rings. The molecule has 5 heteroatoms. The maximum atomic E-state index is 12.5. The van der Waals surface area contributed by atoms with Crippen molar-refractivity contribution in [3.63, 3.8) is 0 Å². The van der Waals surface area contributed by atoms with E-state index in [2.05, 4.69) is 34.9 Å². The third-order valence-corrected chi connectivity index (χ3v) is 5.20. The fraction of sp³-hybridized carbons (Fsp3) is 0.571. The Morgan fingerprint density at radius 3 is 2.58 bits per heavy atom. The highest BCUT2D eigenvalue weighted by atomic mass is 79.9. The normalized spacial score (nSPS) is 12.2. The molecule has 0 aromatic carbocycles. The zero-order valence-corrected chi connectivity index (χ0v) is 13.3. The maximum absolute atomic E-state index is 12.5. The van der Waals surface area contributed by atoms with Gasteiger partial charge in [-0.1, -0.05) is 29.8 Å². The van der Waals surface area contributed by atoms with Crippen molar-refractivity contribution in [1.82, 2.24) is 14.2 Å². The minimum atomic E-state index is 0.0373. The minimum Gasteiger partial charge on any atom is -0.312 e. The summed E-state index contributed by atoms with van der Waals surface area (Å²) in [5, 5.41) is 5.17. The highest BCUT2D eigenvalue weighted by molar-refractivity contribution is 9.09. The Morgan fingerprint density at radius 1 is 1.32 bits per heavy atom. The van der Waals surface area contributed by atoms with Gasteiger partial charge in [-0.2, -0.15) is 5.10 Å². The van der Waals surface area contributed by atoms with E-state index in [-0.39, 0.29) is 11.0 Å². The smallest absolute Gasteiger partial charge is 0.276 e. The van der Waals surface area contributed by atoms with Crippen molar-refractivity contribution in [2.75, 3.05) is 5.33 Å². The van der Waals surface area contributed by atoms with Crippen LogP contribution in [0.5, 0.6) is 0 Å². The molecule has 2 aromatic rings. The van der Waals surface area contributed by atoms with Gasteiger partial charge in [-0.15, -0.1) is 0 Å². The first-order valence-corrected chi connectivity index (χ1v) is 7.79.